The standard InChI is InChI=1S/C14H23N/c1-5-6-13(4)15-10-14-8-7-11(2)9-12(14)3/h7-9,13,15H,5-6,10H2,1-4H3. The first-order valence-electron chi connectivity index (χ1n) is 5.93. The zero-order valence-corrected chi connectivity index (χ0v) is 10.4. The van der Waals surface area contributed by atoms with Crippen molar-refractivity contribution in [1.29, 1.82) is 0 Å². The Hall–Kier alpha value is -0.820. The SMILES string of the molecule is CCCC(C)NCc1ccc(C)cc1C. The molecule has 0 saturated heterocycles. The Labute approximate surface area is 93.9 Å². The van der Waals surface area contributed by atoms with Crippen LogP contribution in [0.2, 0.25) is 0 Å². The molecule has 1 rings (SSSR count). The minimum absolute atomic E-state index is 0.621. The summed E-state index contributed by atoms with van der Waals surface area (Å²) in [5.74, 6) is 0. The van der Waals surface area contributed by atoms with Crippen LogP contribution in [0.25, 0.3) is 0 Å². The highest BCUT2D eigenvalue weighted by molar-refractivity contribution is 5.30. The van der Waals surface area contributed by atoms with E-state index < -0.39 is 0 Å². The predicted molar refractivity (Wildman–Crippen MR) is 67.1 cm³/mol. The molecule has 1 N–H and O–H groups in total. The number of hydrogen-bond donors (Lipinski definition) is 1. The van der Waals surface area contributed by atoms with Gasteiger partial charge in [0.2, 0.25) is 0 Å². The summed E-state index contributed by atoms with van der Waals surface area (Å²) in [5, 5.41) is 3.56. The topological polar surface area (TPSA) is 12.0 Å². The van der Waals surface area contributed by atoms with Crippen molar-refractivity contribution in [2.45, 2.75) is 53.1 Å². The lowest BCUT2D eigenvalue weighted by Crippen LogP contribution is -2.25. The lowest BCUT2D eigenvalue weighted by atomic mass is 10.1. The van der Waals surface area contributed by atoms with Crippen LogP contribution in [0, 0.1) is 13.8 Å². The molecule has 1 unspecified atom stereocenters. The number of nitrogens with one attached hydrogen (secondary N) is 1. The Bertz CT molecular complexity index is 304. The smallest absolute Gasteiger partial charge is 0.0210 e. The molecule has 1 aromatic rings. The first-order valence-corrected chi connectivity index (χ1v) is 5.93. The Kier molecular flexibility index (Phi) is 4.83. The van der Waals surface area contributed by atoms with E-state index in [4.69, 9.17) is 0 Å². The molecule has 15 heavy (non-hydrogen) atoms. The van der Waals surface area contributed by atoms with Crippen LogP contribution < -0.4 is 5.32 Å². The van der Waals surface area contributed by atoms with Gasteiger partial charge in [0.1, 0.15) is 0 Å². The van der Waals surface area contributed by atoms with Crippen LogP contribution in [0.1, 0.15) is 43.4 Å². The van der Waals surface area contributed by atoms with Crippen molar-refractivity contribution in [3.63, 3.8) is 0 Å². The van der Waals surface area contributed by atoms with Gasteiger partial charge in [-0.2, -0.15) is 0 Å². The molecule has 1 aromatic carbocycles. The van der Waals surface area contributed by atoms with Gasteiger partial charge in [-0.1, -0.05) is 37.1 Å². The lowest BCUT2D eigenvalue weighted by molar-refractivity contribution is 0.508. The van der Waals surface area contributed by atoms with Crippen molar-refractivity contribution in [1.82, 2.24) is 5.32 Å². The fourth-order valence-electron chi connectivity index (χ4n) is 1.86. The van der Waals surface area contributed by atoms with Gasteiger partial charge < -0.3 is 5.32 Å². The molecule has 0 saturated carbocycles. The first kappa shape index (κ1) is 12.3. The molecule has 1 heteroatoms. The molecule has 0 aliphatic heterocycles. The zero-order valence-electron chi connectivity index (χ0n) is 10.4. The summed E-state index contributed by atoms with van der Waals surface area (Å²) in [5.41, 5.74) is 4.16. The number of rotatable bonds is 5. The normalized spacial score (nSPS) is 12.8. The van der Waals surface area contributed by atoms with Crippen LogP contribution in [0.4, 0.5) is 0 Å². The number of aryl methyl sites for hydroxylation is 2. The van der Waals surface area contributed by atoms with Crippen LogP contribution in [0.3, 0.4) is 0 Å². The Morgan fingerprint density at radius 1 is 1.27 bits per heavy atom. The van der Waals surface area contributed by atoms with Crippen molar-refractivity contribution >= 4 is 0 Å². The van der Waals surface area contributed by atoms with Crippen molar-refractivity contribution in [3.05, 3.63) is 34.9 Å². The van der Waals surface area contributed by atoms with Crippen LogP contribution in [-0.4, -0.2) is 6.04 Å². The van der Waals surface area contributed by atoms with Gasteiger partial charge in [0.05, 0.1) is 0 Å². The summed E-state index contributed by atoms with van der Waals surface area (Å²) in [6.07, 6.45) is 2.51. The molecule has 0 bridgehead atoms. The quantitative estimate of drug-likeness (QED) is 0.774. The molecule has 0 aromatic heterocycles. The summed E-state index contributed by atoms with van der Waals surface area (Å²) in [4.78, 5) is 0. The van der Waals surface area contributed by atoms with Crippen molar-refractivity contribution < 1.29 is 0 Å². The highest BCUT2D eigenvalue weighted by Crippen LogP contribution is 2.10. The van der Waals surface area contributed by atoms with Crippen molar-refractivity contribution in [3.8, 4) is 0 Å². The van der Waals surface area contributed by atoms with E-state index in [1.165, 1.54) is 29.5 Å². The molecule has 0 radical (unpaired) electrons. The molecular weight excluding hydrogens is 182 g/mol. The van der Waals surface area contributed by atoms with Crippen LogP contribution in [-0.2, 0) is 6.54 Å². The molecule has 1 atom stereocenters. The second-order valence-electron chi connectivity index (χ2n) is 4.50. The summed E-state index contributed by atoms with van der Waals surface area (Å²) in [7, 11) is 0. The largest absolute Gasteiger partial charge is 0.310 e. The van der Waals surface area contributed by atoms with Gasteiger partial charge in [0, 0.05) is 12.6 Å². The fourth-order valence-corrected chi connectivity index (χ4v) is 1.86. The lowest BCUT2D eigenvalue weighted by Gasteiger charge is -2.14. The maximum absolute atomic E-state index is 3.56. The van der Waals surface area contributed by atoms with E-state index >= 15 is 0 Å². The third kappa shape index (κ3) is 4.05. The second-order valence-corrected chi connectivity index (χ2v) is 4.50. The van der Waals surface area contributed by atoms with Gasteiger partial charge >= 0.3 is 0 Å². The zero-order chi connectivity index (χ0) is 11.3. The van der Waals surface area contributed by atoms with Crippen molar-refractivity contribution in [2.75, 3.05) is 0 Å². The molecule has 0 spiro atoms. The van der Waals surface area contributed by atoms with E-state index in [0.717, 1.165) is 6.54 Å². The van der Waals surface area contributed by atoms with E-state index in [1.54, 1.807) is 0 Å². The fraction of sp³-hybridized carbons (Fsp3) is 0.571. The molecule has 84 valence electrons. The summed E-state index contributed by atoms with van der Waals surface area (Å²) < 4.78 is 0. The molecule has 0 heterocycles. The summed E-state index contributed by atoms with van der Waals surface area (Å²) >= 11 is 0. The van der Waals surface area contributed by atoms with Gasteiger partial charge in [0.25, 0.3) is 0 Å². The van der Waals surface area contributed by atoms with Crippen LogP contribution in [0.15, 0.2) is 18.2 Å². The van der Waals surface area contributed by atoms with Crippen LogP contribution in [0.5, 0.6) is 0 Å². The summed E-state index contributed by atoms with van der Waals surface area (Å²) in [6.45, 7) is 9.81. The van der Waals surface area contributed by atoms with Crippen molar-refractivity contribution in [2.24, 2.45) is 0 Å². The maximum atomic E-state index is 3.56. The minimum Gasteiger partial charge on any atom is -0.310 e. The monoisotopic (exact) mass is 205 g/mol. The van der Waals surface area contributed by atoms with Gasteiger partial charge in [-0.05, 0) is 38.3 Å². The van der Waals surface area contributed by atoms with E-state index in [9.17, 15) is 0 Å². The van der Waals surface area contributed by atoms with E-state index in [-0.39, 0.29) is 0 Å². The third-order valence-electron chi connectivity index (χ3n) is 2.86. The predicted octanol–water partition coefficient (Wildman–Crippen LogP) is 3.58. The Morgan fingerprint density at radius 3 is 2.60 bits per heavy atom. The average Bonchev–Trinajstić information content (AvgIpc) is 2.17. The number of benzene rings is 1. The van der Waals surface area contributed by atoms with Gasteiger partial charge in [-0.15, -0.1) is 0 Å². The molecule has 0 amide bonds. The molecular formula is C14H23N. The molecule has 0 aliphatic rings. The minimum atomic E-state index is 0.621. The molecule has 0 aliphatic carbocycles. The third-order valence-corrected chi connectivity index (χ3v) is 2.86. The van der Waals surface area contributed by atoms with Gasteiger partial charge in [0.15, 0.2) is 0 Å². The van der Waals surface area contributed by atoms with E-state index in [0.29, 0.717) is 6.04 Å². The first-order chi connectivity index (χ1) is 7.13. The Morgan fingerprint density at radius 2 is 2.00 bits per heavy atom. The number of hydrogen-bond acceptors (Lipinski definition) is 1. The van der Waals surface area contributed by atoms with Gasteiger partial charge in [-0.25, -0.2) is 0 Å². The summed E-state index contributed by atoms with van der Waals surface area (Å²) in [6, 6.07) is 7.29. The molecule has 1 nitrogen and oxygen atoms in total. The van der Waals surface area contributed by atoms with E-state index in [1.807, 2.05) is 0 Å². The van der Waals surface area contributed by atoms with Gasteiger partial charge in [-0.3, -0.25) is 0 Å². The second kappa shape index (κ2) is 5.92. The highest BCUT2D eigenvalue weighted by atomic mass is 14.9. The van der Waals surface area contributed by atoms with E-state index in [2.05, 4.69) is 51.2 Å². The van der Waals surface area contributed by atoms with Crippen LogP contribution >= 0.6 is 0 Å². The average molecular weight is 205 g/mol. The Balaban J connectivity index is 2.50. The maximum Gasteiger partial charge on any atom is 0.0210 e. The molecule has 0 fully saturated rings. The highest BCUT2D eigenvalue weighted by Gasteiger charge is 2.02.